The number of carbonyl (C=O) groups excluding carboxylic acids is 1. The van der Waals surface area contributed by atoms with Crippen LogP contribution < -0.4 is 5.32 Å². The Hall–Kier alpha value is -1.75. The first-order valence-electron chi connectivity index (χ1n) is 6.27. The van der Waals surface area contributed by atoms with Gasteiger partial charge in [0.05, 0.1) is 6.04 Å². The van der Waals surface area contributed by atoms with Crippen molar-refractivity contribution >= 4 is 17.2 Å². The fourth-order valence-electron chi connectivity index (χ4n) is 1.94. The number of amides is 1. The number of carbonyl (C=O) groups is 1. The molecule has 106 valence electrons. The first-order valence-corrected chi connectivity index (χ1v) is 7.15. The number of benzene rings is 1. The molecule has 1 aromatic carbocycles. The molecule has 5 heteroatoms. The summed E-state index contributed by atoms with van der Waals surface area (Å²) in [6, 6.07) is 6.48. The maximum absolute atomic E-state index is 13.1. The summed E-state index contributed by atoms with van der Waals surface area (Å²) in [5.74, 6) is -1.81. The average Bonchev–Trinajstić information content (AvgIpc) is 2.87. The molecule has 0 unspecified atom stereocenters. The van der Waals surface area contributed by atoms with Gasteiger partial charge in [0, 0.05) is 16.5 Å². The second-order valence-corrected chi connectivity index (χ2v) is 5.85. The van der Waals surface area contributed by atoms with E-state index >= 15 is 0 Å². The fraction of sp³-hybridized carbons (Fsp3) is 0.267. The molecule has 1 aromatic heterocycles. The average molecular weight is 295 g/mol. The Morgan fingerprint density at radius 1 is 1.20 bits per heavy atom. The van der Waals surface area contributed by atoms with Gasteiger partial charge in [0.25, 0.3) is 5.91 Å². The van der Waals surface area contributed by atoms with E-state index in [2.05, 4.69) is 5.32 Å². The van der Waals surface area contributed by atoms with Crippen molar-refractivity contribution in [3.8, 4) is 0 Å². The third-order valence-corrected chi connectivity index (χ3v) is 3.88. The lowest BCUT2D eigenvalue weighted by Gasteiger charge is -2.21. The highest BCUT2D eigenvalue weighted by molar-refractivity contribution is 7.10. The normalized spacial score (nSPS) is 12.4. The molecule has 1 N–H and O–H groups in total. The van der Waals surface area contributed by atoms with Crippen LogP contribution in [-0.2, 0) is 0 Å². The van der Waals surface area contributed by atoms with Crippen molar-refractivity contribution in [1.82, 2.24) is 5.32 Å². The third kappa shape index (κ3) is 3.42. The quantitative estimate of drug-likeness (QED) is 0.902. The Morgan fingerprint density at radius 3 is 2.35 bits per heavy atom. The lowest BCUT2D eigenvalue weighted by atomic mass is 10.0. The summed E-state index contributed by atoms with van der Waals surface area (Å²) in [4.78, 5) is 13.1. The molecule has 0 aliphatic carbocycles. The monoisotopic (exact) mass is 295 g/mol. The van der Waals surface area contributed by atoms with Crippen molar-refractivity contribution in [3.05, 3.63) is 57.8 Å². The van der Waals surface area contributed by atoms with Gasteiger partial charge >= 0.3 is 0 Å². The third-order valence-electron chi connectivity index (χ3n) is 2.93. The van der Waals surface area contributed by atoms with Gasteiger partial charge in [-0.05, 0) is 29.5 Å². The summed E-state index contributed by atoms with van der Waals surface area (Å²) in [6.45, 7) is 3.97. The summed E-state index contributed by atoms with van der Waals surface area (Å²) in [5.41, 5.74) is -0.00953. The van der Waals surface area contributed by atoms with Gasteiger partial charge in [0.2, 0.25) is 0 Å². The highest BCUT2D eigenvalue weighted by atomic mass is 32.1. The zero-order valence-electron chi connectivity index (χ0n) is 11.2. The molecule has 0 aliphatic rings. The minimum atomic E-state index is -0.757. The Morgan fingerprint density at radius 2 is 1.85 bits per heavy atom. The van der Waals surface area contributed by atoms with E-state index in [1.807, 2.05) is 31.4 Å². The van der Waals surface area contributed by atoms with Crippen LogP contribution in [0.3, 0.4) is 0 Å². The molecular formula is C15H15F2NOS. The van der Waals surface area contributed by atoms with E-state index in [0.29, 0.717) is 0 Å². The van der Waals surface area contributed by atoms with Crippen LogP contribution in [0, 0.1) is 17.6 Å². The molecule has 1 heterocycles. The number of thiophene rings is 1. The van der Waals surface area contributed by atoms with Crippen LogP contribution in [0.1, 0.15) is 35.1 Å². The van der Waals surface area contributed by atoms with Crippen molar-refractivity contribution in [2.75, 3.05) is 0 Å². The van der Waals surface area contributed by atoms with Crippen molar-refractivity contribution < 1.29 is 13.6 Å². The summed E-state index contributed by atoms with van der Waals surface area (Å²) in [6.07, 6.45) is 0. The second kappa shape index (κ2) is 6.13. The zero-order chi connectivity index (χ0) is 14.7. The van der Waals surface area contributed by atoms with Crippen molar-refractivity contribution in [2.24, 2.45) is 5.92 Å². The second-order valence-electron chi connectivity index (χ2n) is 4.87. The van der Waals surface area contributed by atoms with Crippen LogP contribution in [-0.4, -0.2) is 5.91 Å². The van der Waals surface area contributed by atoms with Crippen LogP contribution >= 0.6 is 11.3 Å². The van der Waals surface area contributed by atoms with Crippen LogP contribution in [0.15, 0.2) is 35.7 Å². The van der Waals surface area contributed by atoms with Crippen LogP contribution in [0.2, 0.25) is 0 Å². The molecule has 0 bridgehead atoms. The lowest BCUT2D eigenvalue weighted by Crippen LogP contribution is -2.31. The molecule has 2 rings (SSSR count). The van der Waals surface area contributed by atoms with Crippen LogP contribution in [0.25, 0.3) is 0 Å². The van der Waals surface area contributed by atoms with E-state index < -0.39 is 17.5 Å². The molecule has 20 heavy (non-hydrogen) atoms. The molecule has 0 aliphatic heterocycles. The predicted octanol–water partition coefficient (Wildman–Crippen LogP) is 4.15. The topological polar surface area (TPSA) is 29.1 Å². The van der Waals surface area contributed by atoms with Gasteiger partial charge in [-0.1, -0.05) is 19.9 Å². The SMILES string of the molecule is CC(C)[C@H](NC(=O)c1cc(F)cc(F)c1)c1cccs1. The fourth-order valence-corrected chi connectivity index (χ4v) is 2.89. The maximum Gasteiger partial charge on any atom is 0.252 e. The first-order chi connectivity index (χ1) is 9.47. The molecule has 1 atom stereocenters. The summed E-state index contributed by atoms with van der Waals surface area (Å²) in [5, 5.41) is 4.76. The van der Waals surface area contributed by atoms with Gasteiger partial charge in [-0.25, -0.2) is 8.78 Å². The van der Waals surface area contributed by atoms with Gasteiger partial charge in [0.15, 0.2) is 0 Å². The zero-order valence-corrected chi connectivity index (χ0v) is 12.0. The standard InChI is InChI=1S/C15H15F2NOS/c1-9(2)14(13-4-3-5-20-13)18-15(19)10-6-11(16)8-12(17)7-10/h3-9,14H,1-2H3,(H,18,19)/t14-/m0/s1. The van der Waals surface area contributed by atoms with E-state index in [-0.39, 0.29) is 17.5 Å². The number of hydrogen-bond acceptors (Lipinski definition) is 2. The Labute approximate surface area is 120 Å². The van der Waals surface area contributed by atoms with Gasteiger partial charge in [-0.15, -0.1) is 11.3 Å². The lowest BCUT2D eigenvalue weighted by molar-refractivity contribution is 0.0925. The Kier molecular flexibility index (Phi) is 4.49. The van der Waals surface area contributed by atoms with Crippen molar-refractivity contribution in [1.29, 1.82) is 0 Å². The largest absolute Gasteiger partial charge is 0.344 e. The highest BCUT2D eigenvalue weighted by Gasteiger charge is 2.20. The van der Waals surface area contributed by atoms with Gasteiger partial charge in [-0.2, -0.15) is 0 Å². The van der Waals surface area contributed by atoms with Crippen LogP contribution in [0.5, 0.6) is 0 Å². The van der Waals surface area contributed by atoms with E-state index in [4.69, 9.17) is 0 Å². The Bertz CT molecular complexity index is 576. The highest BCUT2D eigenvalue weighted by Crippen LogP contribution is 2.26. The van der Waals surface area contributed by atoms with Crippen molar-refractivity contribution in [2.45, 2.75) is 19.9 Å². The van der Waals surface area contributed by atoms with E-state index in [1.54, 1.807) is 0 Å². The molecular weight excluding hydrogens is 280 g/mol. The van der Waals surface area contributed by atoms with E-state index in [0.717, 1.165) is 23.1 Å². The molecule has 0 radical (unpaired) electrons. The first kappa shape index (κ1) is 14.7. The minimum absolute atomic E-state index is 0.00953. The molecule has 0 saturated heterocycles. The number of hydrogen-bond donors (Lipinski definition) is 1. The van der Waals surface area contributed by atoms with E-state index in [9.17, 15) is 13.6 Å². The van der Waals surface area contributed by atoms with Gasteiger partial charge < -0.3 is 5.32 Å². The molecule has 1 amide bonds. The minimum Gasteiger partial charge on any atom is -0.344 e. The van der Waals surface area contributed by atoms with Crippen molar-refractivity contribution in [3.63, 3.8) is 0 Å². The predicted molar refractivity (Wildman–Crippen MR) is 75.7 cm³/mol. The number of nitrogens with one attached hydrogen (secondary N) is 1. The molecule has 2 aromatic rings. The maximum atomic E-state index is 13.1. The molecule has 0 spiro atoms. The molecule has 2 nitrogen and oxygen atoms in total. The number of rotatable bonds is 4. The van der Waals surface area contributed by atoms with E-state index in [1.165, 1.54) is 11.3 Å². The van der Waals surface area contributed by atoms with Gasteiger partial charge in [-0.3, -0.25) is 4.79 Å². The smallest absolute Gasteiger partial charge is 0.252 e. The van der Waals surface area contributed by atoms with Gasteiger partial charge in [0.1, 0.15) is 11.6 Å². The summed E-state index contributed by atoms with van der Waals surface area (Å²) < 4.78 is 26.3. The summed E-state index contributed by atoms with van der Waals surface area (Å²) >= 11 is 1.54. The van der Waals surface area contributed by atoms with Crippen LogP contribution in [0.4, 0.5) is 8.78 Å². The number of halogens is 2. The Balaban J connectivity index is 2.20. The molecule has 0 saturated carbocycles. The molecule has 0 fully saturated rings. The summed E-state index contributed by atoms with van der Waals surface area (Å²) in [7, 11) is 0.